The molecule has 22 heavy (non-hydrogen) atoms. The van der Waals surface area contributed by atoms with Crippen LogP contribution in [0.3, 0.4) is 0 Å². The third-order valence-electron chi connectivity index (χ3n) is 3.34. The predicted molar refractivity (Wildman–Crippen MR) is 90.3 cm³/mol. The van der Waals surface area contributed by atoms with E-state index < -0.39 is 0 Å². The maximum Gasteiger partial charge on any atom is 0.220 e. The summed E-state index contributed by atoms with van der Waals surface area (Å²) >= 11 is 1.73. The van der Waals surface area contributed by atoms with Gasteiger partial charge in [0.25, 0.3) is 0 Å². The summed E-state index contributed by atoms with van der Waals surface area (Å²) in [6, 6.07) is 0.449. The highest BCUT2D eigenvalue weighted by Crippen LogP contribution is 2.18. The zero-order valence-corrected chi connectivity index (χ0v) is 14.1. The number of aryl methyl sites for hydroxylation is 1. The second-order valence-electron chi connectivity index (χ2n) is 5.49. The third-order valence-corrected chi connectivity index (χ3v) is 4.31. The van der Waals surface area contributed by atoms with E-state index in [0.717, 1.165) is 49.7 Å². The number of amides is 1. The summed E-state index contributed by atoms with van der Waals surface area (Å²) < 4.78 is 0. The first-order valence-corrected chi connectivity index (χ1v) is 8.64. The number of carbonyl (C=O) groups excluding carboxylic acids is 1. The first kappa shape index (κ1) is 16.7. The lowest BCUT2D eigenvalue weighted by atomic mass is 10.3. The van der Waals surface area contributed by atoms with Crippen molar-refractivity contribution < 1.29 is 4.79 Å². The first-order valence-electron chi connectivity index (χ1n) is 7.82. The fourth-order valence-electron chi connectivity index (χ4n) is 2.01. The van der Waals surface area contributed by atoms with Crippen molar-refractivity contribution in [3.63, 3.8) is 0 Å². The molecule has 0 aliphatic heterocycles. The lowest BCUT2D eigenvalue weighted by molar-refractivity contribution is -0.121. The number of nitrogens with one attached hydrogen (secondary N) is 3. The SMILES string of the molecule is CN=C(NCCCC(=O)NC1CC1)NCCc1ncc(C)s1. The van der Waals surface area contributed by atoms with E-state index in [4.69, 9.17) is 0 Å². The van der Waals surface area contributed by atoms with E-state index in [9.17, 15) is 4.79 Å². The van der Waals surface area contributed by atoms with Crippen molar-refractivity contribution in [2.24, 2.45) is 4.99 Å². The number of hydrogen-bond acceptors (Lipinski definition) is 4. The van der Waals surface area contributed by atoms with Gasteiger partial charge in [0.2, 0.25) is 5.91 Å². The summed E-state index contributed by atoms with van der Waals surface area (Å²) in [5.41, 5.74) is 0. The van der Waals surface area contributed by atoms with E-state index in [1.165, 1.54) is 4.88 Å². The third kappa shape index (κ3) is 6.43. The molecule has 1 fully saturated rings. The van der Waals surface area contributed by atoms with Gasteiger partial charge >= 0.3 is 0 Å². The van der Waals surface area contributed by atoms with Crippen LogP contribution >= 0.6 is 11.3 Å². The first-order chi connectivity index (χ1) is 10.7. The smallest absolute Gasteiger partial charge is 0.220 e. The molecule has 0 bridgehead atoms. The maximum absolute atomic E-state index is 11.5. The molecule has 2 rings (SSSR count). The molecule has 1 aliphatic carbocycles. The highest BCUT2D eigenvalue weighted by atomic mass is 32.1. The molecule has 0 saturated heterocycles. The normalized spacial score (nSPS) is 14.7. The Labute approximate surface area is 135 Å². The van der Waals surface area contributed by atoms with E-state index in [-0.39, 0.29) is 5.91 Å². The Morgan fingerprint density at radius 1 is 1.41 bits per heavy atom. The number of thiazole rings is 1. The van der Waals surface area contributed by atoms with Crippen LogP contribution in [0.5, 0.6) is 0 Å². The number of nitrogens with zero attached hydrogens (tertiary/aromatic N) is 2. The Balaban J connectivity index is 1.53. The van der Waals surface area contributed by atoms with Gasteiger partial charge in [-0.1, -0.05) is 0 Å². The predicted octanol–water partition coefficient (Wildman–Crippen LogP) is 1.22. The molecule has 3 N–H and O–H groups in total. The van der Waals surface area contributed by atoms with E-state index in [1.54, 1.807) is 18.4 Å². The fourth-order valence-corrected chi connectivity index (χ4v) is 2.80. The molecule has 0 unspecified atom stereocenters. The van der Waals surface area contributed by atoms with Crippen molar-refractivity contribution in [3.05, 3.63) is 16.1 Å². The Morgan fingerprint density at radius 3 is 2.82 bits per heavy atom. The topological polar surface area (TPSA) is 78.4 Å². The van der Waals surface area contributed by atoms with E-state index in [2.05, 4.69) is 32.9 Å². The molecule has 0 radical (unpaired) electrons. The average molecular weight is 323 g/mol. The van der Waals surface area contributed by atoms with Gasteiger partial charge in [-0.3, -0.25) is 9.79 Å². The second-order valence-corrected chi connectivity index (χ2v) is 6.81. The number of aromatic nitrogens is 1. The standard InChI is InChI=1S/C15H25N5OS/c1-11-10-19-14(22-11)7-9-18-15(16-2)17-8-3-4-13(21)20-12-5-6-12/h10,12H,3-9H2,1-2H3,(H,20,21)(H2,16,17,18). The van der Waals surface area contributed by atoms with Gasteiger partial charge in [-0.2, -0.15) is 0 Å². The summed E-state index contributed by atoms with van der Waals surface area (Å²) in [6.07, 6.45) is 6.45. The van der Waals surface area contributed by atoms with Gasteiger partial charge in [-0.05, 0) is 26.2 Å². The lowest BCUT2D eigenvalue weighted by Gasteiger charge is -2.11. The van der Waals surface area contributed by atoms with Crippen LogP contribution in [0.4, 0.5) is 0 Å². The van der Waals surface area contributed by atoms with Crippen molar-refractivity contribution in [2.45, 2.75) is 45.1 Å². The molecule has 6 nitrogen and oxygen atoms in total. The van der Waals surface area contributed by atoms with Crippen LogP contribution in [-0.2, 0) is 11.2 Å². The van der Waals surface area contributed by atoms with Crippen LogP contribution in [-0.4, -0.2) is 43.0 Å². The summed E-state index contributed by atoms with van der Waals surface area (Å²) in [5.74, 6) is 0.933. The molecule has 1 aromatic rings. The van der Waals surface area contributed by atoms with Gasteiger partial charge < -0.3 is 16.0 Å². The van der Waals surface area contributed by atoms with Crippen molar-refractivity contribution in [1.29, 1.82) is 0 Å². The van der Waals surface area contributed by atoms with E-state index >= 15 is 0 Å². The molecule has 7 heteroatoms. The molecular formula is C15H25N5OS. The van der Waals surface area contributed by atoms with Crippen LogP contribution in [0.2, 0.25) is 0 Å². The molecule has 1 aromatic heterocycles. The largest absolute Gasteiger partial charge is 0.356 e. The van der Waals surface area contributed by atoms with Gasteiger partial charge in [0.1, 0.15) is 0 Å². The molecule has 1 aliphatic rings. The number of guanidine groups is 1. The van der Waals surface area contributed by atoms with Gasteiger partial charge in [0, 0.05) is 50.1 Å². The second kappa shape index (κ2) is 8.73. The van der Waals surface area contributed by atoms with Crippen LogP contribution in [0, 0.1) is 6.92 Å². The quantitative estimate of drug-likeness (QED) is 0.382. The number of aliphatic imine (C=N–C) groups is 1. The van der Waals surface area contributed by atoms with Crippen LogP contribution in [0.15, 0.2) is 11.2 Å². The van der Waals surface area contributed by atoms with E-state index in [1.807, 2.05) is 6.20 Å². The molecule has 1 heterocycles. The van der Waals surface area contributed by atoms with E-state index in [0.29, 0.717) is 12.5 Å². The summed E-state index contributed by atoms with van der Waals surface area (Å²) in [7, 11) is 1.75. The molecule has 0 aromatic carbocycles. The maximum atomic E-state index is 11.5. The fraction of sp³-hybridized carbons (Fsp3) is 0.667. The summed E-state index contributed by atoms with van der Waals surface area (Å²) in [5, 5.41) is 10.6. The lowest BCUT2D eigenvalue weighted by Crippen LogP contribution is -2.39. The summed E-state index contributed by atoms with van der Waals surface area (Å²) in [4.78, 5) is 21.3. The van der Waals surface area contributed by atoms with Gasteiger partial charge in [0.15, 0.2) is 5.96 Å². The minimum absolute atomic E-state index is 0.159. The van der Waals surface area contributed by atoms with Crippen molar-refractivity contribution in [2.75, 3.05) is 20.1 Å². The van der Waals surface area contributed by atoms with Crippen molar-refractivity contribution >= 4 is 23.2 Å². The minimum Gasteiger partial charge on any atom is -0.356 e. The molecule has 0 spiro atoms. The van der Waals surface area contributed by atoms with Crippen LogP contribution < -0.4 is 16.0 Å². The number of hydrogen-bond donors (Lipinski definition) is 3. The minimum atomic E-state index is 0.159. The highest BCUT2D eigenvalue weighted by Gasteiger charge is 2.22. The molecule has 1 saturated carbocycles. The highest BCUT2D eigenvalue weighted by molar-refractivity contribution is 7.11. The number of rotatable bonds is 8. The Hall–Kier alpha value is -1.63. The Kier molecular flexibility index (Phi) is 6.64. The van der Waals surface area contributed by atoms with Crippen molar-refractivity contribution in [3.8, 4) is 0 Å². The van der Waals surface area contributed by atoms with Crippen LogP contribution in [0.25, 0.3) is 0 Å². The molecule has 0 atom stereocenters. The molecular weight excluding hydrogens is 298 g/mol. The van der Waals surface area contributed by atoms with Crippen LogP contribution in [0.1, 0.15) is 35.6 Å². The van der Waals surface area contributed by atoms with Gasteiger partial charge in [0.05, 0.1) is 5.01 Å². The Bertz CT molecular complexity index is 510. The Morgan fingerprint density at radius 2 is 2.18 bits per heavy atom. The van der Waals surface area contributed by atoms with Gasteiger partial charge in [-0.25, -0.2) is 4.98 Å². The zero-order chi connectivity index (χ0) is 15.8. The average Bonchev–Trinajstić information content (AvgIpc) is 3.21. The monoisotopic (exact) mass is 323 g/mol. The van der Waals surface area contributed by atoms with Gasteiger partial charge in [-0.15, -0.1) is 11.3 Å². The van der Waals surface area contributed by atoms with Crippen molar-refractivity contribution in [1.82, 2.24) is 20.9 Å². The zero-order valence-electron chi connectivity index (χ0n) is 13.3. The number of carbonyl (C=O) groups is 1. The molecule has 1 amide bonds. The summed E-state index contributed by atoms with van der Waals surface area (Å²) in [6.45, 7) is 3.61. The molecule has 122 valence electrons.